The molecule has 1 aromatic heterocycles. The first-order valence-corrected chi connectivity index (χ1v) is 8.91. The zero-order valence-corrected chi connectivity index (χ0v) is 15.8. The van der Waals surface area contributed by atoms with Crippen molar-refractivity contribution in [3.63, 3.8) is 0 Å². The number of allylic oxidation sites excluding steroid dienone is 1. The summed E-state index contributed by atoms with van der Waals surface area (Å²) in [5, 5.41) is 12.0. The van der Waals surface area contributed by atoms with Gasteiger partial charge in [-0.3, -0.25) is 4.79 Å². The summed E-state index contributed by atoms with van der Waals surface area (Å²) >= 11 is 0. The zero-order valence-electron chi connectivity index (χ0n) is 15.8. The lowest BCUT2D eigenvalue weighted by Gasteiger charge is -2.05. The highest BCUT2D eigenvalue weighted by atomic mass is 16.2. The first-order chi connectivity index (χ1) is 13.0. The molecule has 2 aromatic carbocycles. The van der Waals surface area contributed by atoms with E-state index in [-0.39, 0.29) is 12.5 Å². The molecule has 1 N–H and O–H groups in total. The van der Waals surface area contributed by atoms with Crippen molar-refractivity contribution >= 4 is 29.2 Å². The molecule has 3 aromatic rings. The molecular weight excluding hydrogens is 338 g/mol. The van der Waals surface area contributed by atoms with Crippen molar-refractivity contribution in [3.8, 4) is 0 Å². The monoisotopic (exact) mass is 361 g/mol. The van der Waals surface area contributed by atoms with Crippen LogP contribution in [0.2, 0.25) is 0 Å². The fourth-order valence-electron chi connectivity index (χ4n) is 2.69. The maximum atomic E-state index is 12.1. The zero-order chi connectivity index (χ0) is 19.2. The van der Waals surface area contributed by atoms with Gasteiger partial charge in [0.2, 0.25) is 0 Å². The summed E-state index contributed by atoms with van der Waals surface area (Å²) in [6.07, 6.45) is 3.65. The van der Waals surface area contributed by atoms with E-state index in [1.54, 1.807) is 10.9 Å². The number of carbonyl (C=O) groups is 1. The van der Waals surface area contributed by atoms with E-state index in [1.807, 2.05) is 37.3 Å². The number of nitrogens with zero attached hydrogens (tertiary/aromatic N) is 4. The number of aromatic nitrogens is 3. The molecule has 1 heterocycles. The quantitative estimate of drug-likeness (QED) is 0.537. The van der Waals surface area contributed by atoms with Gasteiger partial charge < -0.3 is 0 Å². The number of benzene rings is 2. The van der Waals surface area contributed by atoms with Crippen LogP contribution in [-0.2, 0) is 11.3 Å². The fraction of sp³-hybridized carbons (Fsp3) is 0.238. The van der Waals surface area contributed by atoms with Gasteiger partial charge in [-0.05, 0) is 41.7 Å². The topological polar surface area (TPSA) is 72.2 Å². The van der Waals surface area contributed by atoms with Crippen molar-refractivity contribution in [1.29, 1.82) is 0 Å². The highest BCUT2D eigenvalue weighted by Crippen LogP contribution is 2.16. The second-order valence-electron chi connectivity index (χ2n) is 6.74. The normalized spacial score (nSPS) is 12.2. The van der Waals surface area contributed by atoms with Crippen molar-refractivity contribution in [2.24, 2.45) is 5.10 Å². The highest BCUT2D eigenvalue weighted by Gasteiger charge is 2.07. The first-order valence-electron chi connectivity index (χ1n) is 8.91. The number of hydrogen-bond donors (Lipinski definition) is 1. The maximum absolute atomic E-state index is 12.1. The van der Waals surface area contributed by atoms with Crippen LogP contribution in [0, 0.1) is 0 Å². The van der Waals surface area contributed by atoms with Crippen LogP contribution in [0.25, 0.3) is 17.1 Å². The van der Waals surface area contributed by atoms with Gasteiger partial charge >= 0.3 is 0 Å². The van der Waals surface area contributed by atoms with E-state index < -0.39 is 0 Å². The molecule has 0 saturated carbocycles. The summed E-state index contributed by atoms with van der Waals surface area (Å²) in [4.78, 5) is 12.1. The van der Waals surface area contributed by atoms with E-state index in [2.05, 4.69) is 59.0 Å². The van der Waals surface area contributed by atoms with Gasteiger partial charge in [0.25, 0.3) is 5.91 Å². The number of nitrogens with one attached hydrogen (secondary N) is 1. The predicted octanol–water partition coefficient (Wildman–Crippen LogP) is 3.76. The van der Waals surface area contributed by atoms with Gasteiger partial charge in [-0.25, -0.2) is 10.1 Å². The molecule has 0 atom stereocenters. The summed E-state index contributed by atoms with van der Waals surface area (Å²) in [6, 6.07) is 15.9. The molecule has 138 valence electrons. The van der Waals surface area contributed by atoms with Crippen LogP contribution in [0.15, 0.2) is 59.2 Å². The van der Waals surface area contributed by atoms with Gasteiger partial charge in [0.05, 0.1) is 11.7 Å². The number of hydrazone groups is 1. The Kier molecular flexibility index (Phi) is 5.76. The van der Waals surface area contributed by atoms with E-state index in [0.717, 1.165) is 22.2 Å². The van der Waals surface area contributed by atoms with Crippen molar-refractivity contribution in [3.05, 3.63) is 65.2 Å². The minimum absolute atomic E-state index is 0.0667. The lowest BCUT2D eigenvalue weighted by atomic mass is 10.0. The van der Waals surface area contributed by atoms with Crippen LogP contribution in [0.4, 0.5) is 0 Å². The Morgan fingerprint density at radius 1 is 1.19 bits per heavy atom. The second kappa shape index (κ2) is 8.40. The molecule has 27 heavy (non-hydrogen) atoms. The minimum Gasteiger partial charge on any atom is -0.271 e. The molecule has 6 heteroatoms. The van der Waals surface area contributed by atoms with E-state index in [0.29, 0.717) is 5.92 Å². The van der Waals surface area contributed by atoms with Gasteiger partial charge in [0.1, 0.15) is 12.1 Å². The summed E-state index contributed by atoms with van der Waals surface area (Å²) < 4.78 is 1.55. The number of hydrogen-bond acceptors (Lipinski definition) is 4. The number of amides is 1. The lowest BCUT2D eigenvalue weighted by molar-refractivity contribution is -0.121. The predicted molar refractivity (Wildman–Crippen MR) is 108 cm³/mol. The van der Waals surface area contributed by atoms with Crippen LogP contribution in [0.5, 0.6) is 0 Å². The first kappa shape index (κ1) is 18.5. The number of carbonyl (C=O) groups excluding carboxylic acids is 1. The van der Waals surface area contributed by atoms with Gasteiger partial charge in [-0.15, -0.1) is 5.10 Å². The van der Waals surface area contributed by atoms with Crippen molar-refractivity contribution in [2.45, 2.75) is 33.2 Å². The molecule has 0 bridgehead atoms. The third-order valence-electron chi connectivity index (χ3n) is 4.17. The second-order valence-corrected chi connectivity index (χ2v) is 6.74. The van der Waals surface area contributed by atoms with Gasteiger partial charge in [0, 0.05) is 0 Å². The van der Waals surface area contributed by atoms with Crippen molar-refractivity contribution in [2.75, 3.05) is 0 Å². The molecule has 0 unspecified atom stereocenters. The Hall–Kier alpha value is -3.28. The van der Waals surface area contributed by atoms with Gasteiger partial charge in [-0.1, -0.05) is 61.5 Å². The Labute approximate surface area is 158 Å². The highest BCUT2D eigenvalue weighted by molar-refractivity contribution is 5.86. The molecule has 0 fully saturated rings. The van der Waals surface area contributed by atoms with Crippen LogP contribution in [-0.4, -0.2) is 27.1 Å². The average molecular weight is 361 g/mol. The Morgan fingerprint density at radius 2 is 1.93 bits per heavy atom. The Balaban J connectivity index is 1.56. The summed E-state index contributed by atoms with van der Waals surface area (Å²) in [6.45, 7) is 6.36. The molecule has 0 radical (unpaired) electrons. The lowest BCUT2D eigenvalue weighted by Crippen LogP contribution is -2.23. The van der Waals surface area contributed by atoms with Crippen LogP contribution in [0.3, 0.4) is 0 Å². The third-order valence-corrected chi connectivity index (χ3v) is 4.17. The van der Waals surface area contributed by atoms with E-state index in [4.69, 9.17) is 0 Å². The molecule has 0 aliphatic carbocycles. The van der Waals surface area contributed by atoms with E-state index in [9.17, 15) is 4.79 Å². The van der Waals surface area contributed by atoms with Gasteiger partial charge in [0.15, 0.2) is 0 Å². The molecule has 0 saturated heterocycles. The molecule has 0 aliphatic heterocycles. The van der Waals surface area contributed by atoms with Crippen molar-refractivity contribution in [1.82, 2.24) is 20.4 Å². The van der Waals surface area contributed by atoms with Gasteiger partial charge in [-0.2, -0.15) is 5.10 Å². The molecule has 6 nitrogen and oxygen atoms in total. The molecular formula is C21H23N5O. The van der Waals surface area contributed by atoms with Crippen LogP contribution < -0.4 is 5.43 Å². The molecule has 0 spiro atoms. The number of para-hydroxylation sites is 1. The molecule has 0 aliphatic rings. The van der Waals surface area contributed by atoms with E-state index in [1.165, 1.54) is 5.56 Å². The smallest absolute Gasteiger partial charge is 0.261 e. The van der Waals surface area contributed by atoms with E-state index >= 15 is 0 Å². The number of rotatable bonds is 6. The number of fused-ring (bicyclic) bond motifs is 1. The maximum Gasteiger partial charge on any atom is 0.261 e. The third kappa shape index (κ3) is 4.88. The van der Waals surface area contributed by atoms with Crippen LogP contribution >= 0.6 is 0 Å². The Morgan fingerprint density at radius 3 is 2.67 bits per heavy atom. The minimum atomic E-state index is -0.254. The summed E-state index contributed by atoms with van der Waals surface area (Å²) in [5.41, 5.74) is 7.46. The average Bonchev–Trinajstić information content (AvgIpc) is 3.05. The standard InChI is InChI=1S/C21H23N5O/c1-15(2)18-10-8-17(9-11-18)12-16(3)13-22-24-21(27)14-26-20-7-5-4-6-19(20)23-25-26/h4-13,15H,14H2,1-3H3,(H,24,27)/b16-12+,22-13-. The summed E-state index contributed by atoms with van der Waals surface area (Å²) in [7, 11) is 0. The fourth-order valence-corrected chi connectivity index (χ4v) is 2.69. The van der Waals surface area contributed by atoms with Crippen molar-refractivity contribution < 1.29 is 4.79 Å². The summed E-state index contributed by atoms with van der Waals surface area (Å²) in [5.74, 6) is 0.263. The SMILES string of the molecule is CC(/C=N\NC(=O)Cn1nnc2ccccc21)=C\c1ccc(C(C)C)cc1. The largest absolute Gasteiger partial charge is 0.271 e. The Bertz CT molecular complexity index is 983. The molecule has 3 rings (SSSR count). The van der Waals surface area contributed by atoms with Crippen LogP contribution in [0.1, 0.15) is 37.8 Å². The molecule has 1 amide bonds.